The average molecular weight is 291 g/mol. The molecule has 1 heterocycles. The van der Waals surface area contributed by atoms with Crippen LogP contribution in [0.3, 0.4) is 0 Å². The monoisotopic (exact) mass is 291 g/mol. The van der Waals surface area contributed by atoms with Gasteiger partial charge in [-0.05, 0) is 19.9 Å². The number of nitrogen functional groups attached to an aromatic ring is 1. The molecule has 0 fully saturated rings. The lowest BCUT2D eigenvalue weighted by atomic mass is 10.2. The summed E-state index contributed by atoms with van der Waals surface area (Å²) in [5.41, 5.74) is 7.58. The standard InChI is InChI=1S/C15H21N3OS/c1-10(2)19-14-7-12(16)6-13(8-14)18-9-11(3)15-17-4-5-20-15/h4-8,10-11,18H,9,16H2,1-3H3. The first-order valence-corrected chi connectivity index (χ1v) is 7.63. The summed E-state index contributed by atoms with van der Waals surface area (Å²) < 4.78 is 5.68. The number of nitrogens with zero attached hydrogens (tertiary/aromatic N) is 1. The first kappa shape index (κ1) is 14.7. The number of benzene rings is 1. The van der Waals surface area contributed by atoms with Crippen LogP contribution in [0.2, 0.25) is 0 Å². The molecular formula is C15H21N3OS. The van der Waals surface area contributed by atoms with Crippen molar-refractivity contribution in [1.82, 2.24) is 4.98 Å². The van der Waals surface area contributed by atoms with Gasteiger partial charge >= 0.3 is 0 Å². The lowest BCUT2D eigenvalue weighted by molar-refractivity contribution is 0.242. The van der Waals surface area contributed by atoms with Crippen LogP contribution < -0.4 is 15.8 Å². The zero-order valence-corrected chi connectivity index (χ0v) is 12.9. The van der Waals surface area contributed by atoms with Crippen LogP contribution >= 0.6 is 11.3 Å². The minimum Gasteiger partial charge on any atom is -0.491 e. The lowest BCUT2D eigenvalue weighted by Crippen LogP contribution is -2.11. The molecule has 1 unspecified atom stereocenters. The number of hydrogen-bond donors (Lipinski definition) is 2. The van der Waals surface area contributed by atoms with Gasteiger partial charge in [-0.3, -0.25) is 0 Å². The fraction of sp³-hybridized carbons (Fsp3) is 0.400. The minimum atomic E-state index is 0.138. The Morgan fingerprint density at radius 1 is 1.30 bits per heavy atom. The van der Waals surface area contributed by atoms with Gasteiger partial charge in [-0.1, -0.05) is 6.92 Å². The Balaban J connectivity index is 2.00. The average Bonchev–Trinajstić information content (AvgIpc) is 2.88. The van der Waals surface area contributed by atoms with Crippen molar-refractivity contribution in [3.8, 4) is 5.75 Å². The molecule has 1 atom stereocenters. The van der Waals surface area contributed by atoms with Gasteiger partial charge in [0.1, 0.15) is 5.75 Å². The molecule has 0 radical (unpaired) electrons. The molecule has 0 bridgehead atoms. The second kappa shape index (κ2) is 6.61. The van der Waals surface area contributed by atoms with E-state index < -0.39 is 0 Å². The van der Waals surface area contributed by atoms with Crippen LogP contribution in [0.25, 0.3) is 0 Å². The van der Waals surface area contributed by atoms with E-state index in [2.05, 4.69) is 17.2 Å². The summed E-state index contributed by atoms with van der Waals surface area (Å²) in [6.07, 6.45) is 1.98. The third kappa shape index (κ3) is 4.13. The summed E-state index contributed by atoms with van der Waals surface area (Å²) in [6.45, 7) is 6.98. The normalized spacial score (nSPS) is 12.4. The maximum Gasteiger partial charge on any atom is 0.123 e. The van der Waals surface area contributed by atoms with E-state index in [0.717, 1.165) is 23.0 Å². The molecule has 0 spiro atoms. The fourth-order valence-corrected chi connectivity index (χ4v) is 2.60. The van der Waals surface area contributed by atoms with E-state index >= 15 is 0 Å². The van der Waals surface area contributed by atoms with Gasteiger partial charge < -0.3 is 15.8 Å². The molecule has 0 saturated heterocycles. The minimum absolute atomic E-state index is 0.138. The summed E-state index contributed by atoms with van der Waals surface area (Å²) in [4.78, 5) is 4.33. The van der Waals surface area contributed by atoms with Gasteiger partial charge in [-0.15, -0.1) is 11.3 Å². The van der Waals surface area contributed by atoms with Gasteiger partial charge in [0.05, 0.1) is 11.1 Å². The van der Waals surface area contributed by atoms with Gasteiger partial charge in [0.25, 0.3) is 0 Å². The van der Waals surface area contributed by atoms with Crippen molar-refractivity contribution in [2.24, 2.45) is 0 Å². The third-order valence-corrected chi connectivity index (χ3v) is 3.79. The molecule has 0 amide bonds. The van der Waals surface area contributed by atoms with E-state index in [1.54, 1.807) is 11.3 Å². The van der Waals surface area contributed by atoms with E-state index in [0.29, 0.717) is 11.6 Å². The first-order valence-electron chi connectivity index (χ1n) is 6.75. The van der Waals surface area contributed by atoms with Crippen molar-refractivity contribution in [2.75, 3.05) is 17.6 Å². The molecule has 1 aromatic carbocycles. The molecule has 0 saturated carbocycles. The third-order valence-electron chi connectivity index (χ3n) is 2.79. The molecule has 0 aliphatic rings. The van der Waals surface area contributed by atoms with Crippen molar-refractivity contribution in [1.29, 1.82) is 0 Å². The molecule has 1 aromatic heterocycles. The summed E-state index contributed by atoms with van der Waals surface area (Å²) in [7, 11) is 0. The molecular weight excluding hydrogens is 270 g/mol. The second-order valence-corrected chi connectivity index (χ2v) is 6.04. The molecule has 5 heteroatoms. The number of aromatic nitrogens is 1. The van der Waals surface area contributed by atoms with E-state index in [1.165, 1.54) is 0 Å². The van der Waals surface area contributed by atoms with Crippen molar-refractivity contribution in [3.05, 3.63) is 34.8 Å². The van der Waals surface area contributed by atoms with Gasteiger partial charge in [0, 0.05) is 47.5 Å². The van der Waals surface area contributed by atoms with Crippen molar-refractivity contribution in [2.45, 2.75) is 32.8 Å². The Kier molecular flexibility index (Phi) is 4.84. The Morgan fingerprint density at radius 2 is 2.10 bits per heavy atom. The number of nitrogens with one attached hydrogen (secondary N) is 1. The largest absolute Gasteiger partial charge is 0.491 e. The predicted molar refractivity (Wildman–Crippen MR) is 85.6 cm³/mol. The van der Waals surface area contributed by atoms with Crippen LogP contribution in [0.1, 0.15) is 31.7 Å². The SMILES string of the molecule is CC(C)Oc1cc(N)cc(NCC(C)c2nccs2)c1. The second-order valence-electron chi connectivity index (χ2n) is 5.11. The Labute approximate surface area is 124 Å². The van der Waals surface area contributed by atoms with Crippen molar-refractivity contribution in [3.63, 3.8) is 0 Å². The highest BCUT2D eigenvalue weighted by Crippen LogP contribution is 2.25. The van der Waals surface area contributed by atoms with Gasteiger partial charge in [-0.2, -0.15) is 0 Å². The van der Waals surface area contributed by atoms with Crippen LogP contribution in [0.5, 0.6) is 5.75 Å². The molecule has 108 valence electrons. The Morgan fingerprint density at radius 3 is 2.75 bits per heavy atom. The zero-order chi connectivity index (χ0) is 14.5. The van der Waals surface area contributed by atoms with Gasteiger partial charge in [0.15, 0.2) is 0 Å². The summed E-state index contributed by atoms with van der Waals surface area (Å²) in [5.74, 6) is 1.16. The van der Waals surface area contributed by atoms with E-state index in [1.807, 2.05) is 43.6 Å². The number of ether oxygens (including phenoxy) is 1. The maximum atomic E-state index is 5.91. The van der Waals surface area contributed by atoms with Crippen molar-refractivity contribution >= 4 is 22.7 Å². The first-order chi connectivity index (χ1) is 9.54. The van der Waals surface area contributed by atoms with Crippen LogP contribution in [0.15, 0.2) is 29.8 Å². The van der Waals surface area contributed by atoms with Crippen LogP contribution in [0.4, 0.5) is 11.4 Å². The molecule has 0 aliphatic carbocycles. The lowest BCUT2D eigenvalue weighted by Gasteiger charge is -2.15. The van der Waals surface area contributed by atoms with E-state index in [9.17, 15) is 0 Å². The highest BCUT2D eigenvalue weighted by Gasteiger charge is 2.08. The number of hydrogen-bond acceptors (Lipinski definition) is 5. The topological polar surface area (TPSA) is 60.2 Å². The number of nitrogens with two attached hydrogens (primary N) is 1. The van der Waals surface area contributed by atoms with Crippen LogP contribution in [-0.4, -0.2) is 17.6 Å². The highest BCUT2D eigenvalue weighted by molar-refractivity contribution is 7.09. The quantitative estimate of drug-likeness (QED) is 0.796. The zero-order valence-electron chi connectivity index (χ0n) is 12.1. The van der Waals surface area contributed by atoms with Crippen LogP contribution in [0, 0.1) is 0 Å². The molecule has 3 N–H and O–H groups in total. The highest BCUT2D eigenvalue weighted by atomic mass is 32.1. The molecule has 0 aliphatic heterocycles. The number of anilines is 2. The Hall–Kier alpha value is -1.75. The summed E-state index contributed by atoms with van der Waals surface area (Å²) in [5, 5.41) is 6.53. The van der Waals surface area contributed by atoms with Gasteiger partial charge in [0.2, 0.25) is 0 Å². The smallest absolute Gasteiger partial charge is 0.123 e. The Bertz CT molecular complexity index is 540. The summed E-state index contributed by atoms with van der Waals surface area (Å²) >= 11 is 1.68. The van der Waals surface area contributed by atoms with E-state index in [-0.39, 0.29) is 6.10 Å². The molecule has 2 rings (SSSR count). The van der Waals surface area contributed by atoms with Crippen molar-refractivity contribution < 1.29 is 4.74 Å². The molecule has 2 aromatic rings. The van der Waals surface area contributed by atoms with Crippen LogP contribution in [-0.2, 0) is 0 Å². The summed E-state index contributed by atoms with van der Waals surface area (Å²) in [6, 6.07) is 5.74. The predicted octanol–water partition coefficient (Wildman–Crippen LogP) is 3.73. The maximum absolute atomic E-state index is 5.91. The van der Waals surface area contributed by atoms with E-state index in [4.69, 9.17) is 10.5 Å². The number of rotatable bonds is 6. The van der Waals surface area contributed by atoms with Gasteiger partial charge in [-0.25, -0.2) is 4.98 Å². The molecule has 4 nitrogen and oxygen atoms in total. The fourth-order valence-electron chi connectivity index (χ4n) is 1.90. The number of thiazole rings is 1. The molecule has 20 heavy (non-hydrogen) atoms.